The van der Waals surface area contributed by atoms with Gasteiger partial charge in [0.1, 0.15) is 5.15 Å². The molecule has 0 aromatic carbocycles. The average molecular weight is 184 g/mol. The van der Waals surface area contributed by atoms with Crippen LogP contribution in [0.15, 0.2) is 18.7 Å². The van der Waals surface area contributed by atoms with E-state index in [1.807, 2.05) is 0 Å². The van der Waals surface area contributed by atoms with E-state index in [0.717, 1.165) is 0 Å². The molecule has 0 aliphatic heterocycles. The van der Waals surface area contributed by atoms with Gasteiger partial charge in [0.05, 0.1) is 11.3 Å². The normalized spacial score (nSPS) is 9.42. The van der Waals surface area contributed by atoms with Crippen LogP contribution >= 0.6 is 11.6 Å². The summed E-state index contributed by atoms with van der Waals surface area (Å²) in [5, 5.41) is 8.92. The molecule has 0 saturated carbocycles. The van der Waals surface area contributed by atoms with E-state index in [4.69, 9.17) is 16.7 Å². The molecular formula is C8H6ClNO2. The van der Waals surface area contributed by atoms with E-state index < -0.39 is 5.97 Å². The van der Waals surface area contributed by atoms with E-state index in [1.165, 1.54) is 18.2 Å². The largest absolute Gasteiger partial charge is 0.478 e. The number of aromatic carboxylic acids is 1. The number of pyridine rings is 1. The van der Waals surface area contributed by atoms with Gasteiger partial charge in [0.15, 0.2) is 0 Å². The van der Waals surface area contributed by atoms with E-state index in [0.29, 0.717) is 0 Å². The average Bonchev–Trinajstić information content (AvgIpc) is 2.03. The first-order valence-electron chi connectivity index (χ1n) is 3.17. The van der Waals surface area contributed by atoms with Crippen LogP contribution in [0.5, 0.6) is 0 Å². The Kier molecular flexibility index (Phi) is 2.45. The SMILES string of the molecule is C=Cc1nc(Cl)ccc1C(=O)O. The van der Waals surface area contributed by atoms with E-state index >= 15 is 0 Å². The highest BCUT2D eigenvalue weighted by Crippen LogP contribution is 2.12. The molecule has 1 heterocycles. The summed E-state index contributed by atoms with van der Waals surface area (Å²) in [5.41, 5.74) is 0.393. The van der Waals surface area contributed by atoms with E-state index in [1.54, 1.807) is 0 Å². The van der Waals surface area contributed by atoms with Gasteiger partial charge in [0.25, 0.3) is 0 Å². The number of aromatic nitrogens is 1. The van der Waals surface area contributed by atoms with Gasteiger partial charge < -0.3 is 5.11 Å². The van der Waals surface area contributed by atoms with Gasteiger partial charge in [0.2, 0.25) is 0 Å². The predicted molar refractivity (Wildman–Crippen MR) is 46.3 cm³/mol. The highest BCUT2D eigenvalue weighted by atomic mass is 35.5. The quantitative estimate of drug-likeness (QED) is 0.715. The van der Waals surface area contributed by atoms with Gasteiger partial charge in [-0.15, -0.1) is 0 Å². The van der Waals surface area contributed by atoms with Crippen molar-refractivity contribution in [2.24, 2.45) is 0 Å². The number of rotatable bonds is 2. The van der Waals surface area contributed by atoms with Crippen molar-refractivity contribution in [1.82, 2.24) is 4.98 Å². The Labute approximate surface area is 74.3 Å². The van der Waals surface area contributed by atoms with Crippen molar-refractivity contribution in [1.29, 1.82) is 0 Å². The fourth-order valence-electron chi connectivity index (χ4n) is 0.786. The molecular weight excluding hydrogens is 178 g/mol. The number of carbonyl (C=O) groups is 1. The summed E-state index contributed by atoms with van der Waals surface area (Å²) in [4.78, 5) is 14.3. The zero-order valence-electron chi connectivity index (χ0n) is 6.12. The van der Waals surface area contributed by atoms with E-state index in [-0.39, 0.29) is 16.4 Å². The molecule has 0 aliphatic rings. The summed E-state index contributed by atoms with van der Waals surface area (Å²) in [7, 11) is 0. The molecule has 62 valence electrons. The van der Waals surface area contributed by atoms with Crippen molar-refractivity contribution in [2.75, 3.05) is 0 Å². The van der Waals surface area contributed by atoms with Crippen molar-refractivity contribution in [3.63, 3.8) is 0 Å². The fraction of sp³-hybridized carbons (Fsp3) is 0. The van der Waals surface area contributed by atoms with Crippen LogP contribution in [0.1, 0.15) is 16.1 Å². The van der Waals surface area contributed by atoms with Gasteiger partial charge in [-0.3, -0.25) is 0 Å². The van der Waals surface area contributed by atoms with Crippen LogP contribution in [0, 0.1) is 0 Å². The first kappa shape index (κ1) is 8.74. The molecule has 0 fully saturated rings. The topological polar surface area (TPSA) is 50.2 Å². The van der Waals surface area contributed by atoms with Crippen LogP contribution in [0.3, 0.4) is 0 Å². The Morgan fingerprint density at radius 1 is 1.67 bits per heavy atom. The number of halogens is 1. The van der Waals surface area contributed by atoms with Gasteiger partial charge in [-0.2, -0.15) is 0 Å². The molecule has 0 bridgehead atoms. The Morgan fingerprint density at radius 2 is 2.33 bits per heavy atom. The van der Waals surface area contributed by atoms with Gasteiger partial charge in [-0.25, -0.2) is 9.78 Å². The van der Waals surface area contributed by atoms with Crippen LogP contribution in [-0.2, 0) is 0 Å². The molecule has 12 heavy (non-hydrogen) atoms. The Hall–Kier alpha value is -1.35. The van der Waals surface area contributed by atoms with Crippen LogP contribution < -0.4 is 0 Å². The lowest BCUT2D eigenvalue weighted by atomic mass is 10.2. The van der Waals surface area contributed by atoms with Crippen LogP contribution in [0.25, 0.3) is 6.08 Å². The number of carboxylic acid groups (broad SMARTS) is 1. The van der Waals surface area contributed by atoms with Gasteiger partial charge >= 0.3 is 5.97 Å². The summed E-state index contributed by atoms with van der Waals surface area (Å²) in [6.07, 6.45) is 1.36. The molecule has 3 nitrogen and oxygen atoms in total. The van der Waals surface area contributed by atoms with Gasteiger partial charge in [0, 0.05) is 0 Å². The second-order valence-corrected chi connectivity index (χ2v) is 2.46. The smallest absolute Gasteiger partial charge is 0.337 e. The minimum absolute atomic E-state index is 0.106. The van der Waals surface area contributed by atoms with Crippen LogP contribution in [-0.4, -0.2) is 16.1 Å². The third-order valence-corrected chi connectivity index (χ3v) is 1.53. The Balaban J connectivity index is 3.29. The maximum absolute atomic E-state index is 10.6. The maximum Gasteiger partial charge on any atom is 0.337 e. The lowest BCUT2D eigenvalue weighted by Crippen LogP contribution is -2.01. The van der Waals surface area contributed by atoms with Crippen molar-refractivity contribution < 1.29 is 9.90 Å². The van der Waals surface area contributed by atoms with E-state index in [9.17, 15) is 4.79 Å². The molecule has 0 amide bonds. The molecule has 0 atom stereocenters. The second-order valence-electron chi connectivity index (χ2n) is 2.08. The monoisotopic (exact) mass is 183 g/mol. The molecule has 0 spiro atoms. The number of hydrogen-bond acceptors (Lipinski definition) is 2. The second kappa shape index (κ2) is 3.36. The predicted octanol–water partition coefficient (Wildman–Crippen LogP) is 2.08. The lowest BCUT2D eigenvalue weighted by Gasteiger charge is -1.98. The molecule has 0 saturated heterocycles. The number of carboxylic acids is 1. The van der Waals surface area contributed by atoms with Crippen molar-refractivity contribution >= 4 is 23.6 Å². The van der Waals surface area contributed by atoms with Crippen LogP contribution in [0.2, 0.25) is 5.15 Å². The minimum Gasteiger partial charge on any atom is -0.478 e. The molecule has 0 aliphatic carbocycles. The van der Waals surface area contributed by atoms with Crippen molar-refractivity contribution in [3.05, 3.63) is 35.1 Å². The first-order valence-corrected chi connectivity index (χ1v) is 3.55. The molecule has 1 rings (SSSR count). The zero-order chi connectivity index (χ0) is 9.14. The third-order valence-electron chi connectivity index (χ3n) is 1.31. The highest BCUT2D eigenvalue weighted by Gasteiger charge is 2.08. The first-order chi connectivity index (χ1) is 5.65. The minimum atomic E-state index is -1.03. The summed E-state index contributed by atoms with van der Waals surface area (Å²) in [5.74, 6) is -1.03. The number of nitrogens with zero attached hydrogens (tertiary/aromatic N) is 1. The summed E-state index contributed by atoms with van der Waals surface area (Å²) in [6.45, 7) is 3.43. The Morgan fingerprint density at radius 3 is 2.83 bits per heavy atom. The molecule has 0 unspecified atom stereocenters. The molecule has 1 N–H and O–H groups in total. The third kappa shape index (κ3) is 1.62. The molecule has 0 radical (unpaired) electrons. The zero-order valence-corrected chi connectivity index (χ0v) is 6.88. The number of hydrogen-bond donors (Lipinski definition) is 1. The van der Waals surface area contributed by atoms with Crippen molar-refractivity contribution in [3.8, 4) is 0 Å². The lowest BCUT2D eigenvalue weighted by molar-refractivity contribution is 0.0696. The summed E-state index contributed by atoms with van der Waals surface area (Å²) in [6, 6.07) is 2.83. The van der Waals surface area contributed by atoms with Gasteiger partial charge in [-0.1, -0.05) is 18.2 Å². The standard InChI is InChI=1S/C8H6ClNO2/c1-2-6-5(8(11)12)3-4-7(9)10-6/h2-4H,1H2,(H,11,12). The Bertz CT molecular complexity index is 336. The molecule has 1 aromatic heterocycles. The fourth-order valence-corrected chi connectivity index (χ4v) is 0.941. The summed E-state index contributed by atoms with van der Waals surface area (Å²) < 4.78 is 0. The maximum atomic E-state index is 10.6. The van der Waals surface area contributed by atoms with Crippen molar-refractivity contribution in [2.45, 2.75) is 0 Å². The molecule has 1 aromatic rings. The van der Waals surface area contributed by atoms with Crippen LogP contribution in [0.4, 0.5) is 0 Å². The summed E-state index contributed by atoms with van der Waals surface area (Å²) >= 11 is 5.55. The van der Waals surface area contributed by atoms with E-state index in [2.05, 4.69) is 11.6 Å². The molecule has 4 heteroatoms. The highest BCUT2D eigenvalue weighted by molar-refractivity contribution is 6.29. The van der Waals surface area contributed by atoms with Gasteiger partial charge in [-0.05, 0) is 18.2 Å².